The molecule has 0 fully saturated rings. The maximum absolute atomic E-state index is 12.8. The lowest BCUT2D eigenvalue weighted by Gasteiger charge is -2.27. The number of nitrogens with two attached hydrogens (primary N) is 2. The summed E-state index contributed by atoms with van der Waals surface area (Å²) in [7, 11) is 0. The molecular formula is C21H39N5O7. The summed E-state index contributed by atoms with van der Waals surface area (Å²) in [6, 6.07) is -4.86. The van der Waals surface area contributed by atoms with E-state index in [1.165, 1.54) is 6.92 Å². The Kier molecular flexibility index (Phi) is 13.2. The Morgan fingerprint density at radius 2 is 1.42 bits per heavy atom. The summed E-state index contributed by atoms with van der Waals surface area (Å²) in [5, 5.41) is 26.5. The largest absolute Gasteiger partial charge is 0.480 e. The number of carbonyl (C=O) groups excluding carboxylic acids is 4. The van der Waals surface area contributed by atoms with E-state index in [1.807, 2.05) is 13.8 Å². The molecule has 0 heterocycles. The third-order valence-corrected chi connectivity index (χ3v) is 5.21. The molecule has 0 spiro atoms. The van der Waals surface area contributed by atoms with Crippen molar-refractivity contribution in [2.24, 2.45) is 23.3 Å². The molecule has 6 unspecified atom stereocenters. The summed E-state index contributed by atoms with van der Waals surface area (Å²) in [6.07, 6.45) is -0.956. The van der Waals surface area contributed by atoms with Crippen LogP contribution in [0.4, 0.5) is 0 Å². The molecule has 4 amide bonds. The van der Waals surface area contributed by atoms with Crippen LogP contribution in [0, 0.1) is 11.8 Å². The highest BCUT2D eigenvalue weighted by molar-refractivity contribution is 5.94. The van der Waals surface area contributed by atoms with Crippen LogP contribution in [0.15, 0.2) is 0 Å². The van der Waals surface area contributed by atoms with Crippen molar-refractivity contribution in [1.29, 1.82) is 0 Å². The second-order valence-corrected chi connectivity index (χ2v) is 8.74. The first-order chi connectivity index (χ1) is 15.2. The average molecular weight is 474 g/mol. The quantitative estimate of drug-likeness (QED) is 0.150. The number of aliphatic hydroxyl groups excluding tert-OH is 1. The Balaban J connectivity index is 5.54. The van der Waals surface area contributed by atoms with Crippen molar-refractivity contribution in [3.8, 4) is 0 Å². The van der Waals surface area contributed by atoms with E-state index in [0.717, 1.165) is 0 Å². The predicted molar refractivity (Wildman–Crippen MR) is 120 cm³/mol. The number of carboxylic acid groups (broad SMARTS) is 1. The van der Waals surface area contributed by atoms with Gasteiger partial charge in [0.25, 0.3) is 0 Å². The molecule has 0 aliphatic rings. The standard InChI is InChI=1S/C21H39N5O7/c1-6-11(4)16(21(32)33)25-19(30)14(7-8-15(23)28)24-20(31)17(12(5)27)26-18(29)13(22)9-10(2)3/h10-14,16-17,27H,6-9,22H2,1-5H3,(H2,23,28)(H,24,31)(H,25,30)(H,26,29)(H,32,33). The van der Waals surface area contributed by atoms with Crippen molar-refractivity contribution in [3.05, 3.63) is 0 Å². The maximum atomic E-state index is 12.8. The second-order valence-electron chi connectivity index (χ2n) is 8.74. The number of hydrogen-bond acceptors (Lipinski definition) is 7. The first kappa shape index (κ1) is 30.3. The number of aliphatic carboxylic acids is 1. The number of aliphatic hydroxyl groups is 1. The average Bonchev–Trinajstić information content (AvgIpc) is 2.70. The Morgan fingerprint density at radius 1 is 0.879 bits per heavy atom. The van der Waals surface area contributed by atoms with Crippen LogP contribution in [0.1, 0.15) is 60.3 Å². The molecule has 12 heteroatoms. The minimum absolute atomic E-state index is 0.124. The molecule has 0 rings (SSSR count). The van der Waals surface area contributed by atoms with Crippen LogP contribution < -0.4 is 27.4 Å². The number of amides is 4. The Labute approximate surface area is 194 Å². The van der Waals surface area contributed by atoms with Gasteiger partial charge in [-0.05, 0) is 31.6 Å². The van der Waals surface area contributed by atoms with Crippen molar-refractivity contribution in [3.63, 3.8) is 0 Å². The van der Waals surface area contributed by atoms with Crippen LogP contribution in [0.25, 0.3) is 0 Å². The number of hydrogen-bond donors (Lipinski definition) is 7. The van der Waals surface area contributed by atoms with Crippen LogP contribution in [0.5, 0.6) is 0 Å². The second kappa shape index (κ2) is 14.4. The fourth-order valence-electron chi connectivity index (χ4n) is 3.03. The maximum Gasteiger partial charge on any atom is 0.326 e. The van der Waals surface area contributed by atoms with E-state index in [0.29, 0.717) is 12.8 Å². The van der Waals surface area contributed by atoms with Gasteiger partial charge in [-0.15, -0.1) is 0 Å². The number of nitrogens with one attached hydrogen (secondary N) is 3. The lowest BCUT2D eigenvalue weighted by Crippen LogP contribution is -2.60. The minimum atomic E-state index is -1.43. The van der Waals surface area contributed by atoms with Gasteiger partial charge in [0.1, 0.15) is 18.1 Å². The molecule has 0 radical (unpaired) electrons. The van der Waals surface area contributed by atoms with E-state index in [-0.39, 0.29) is 18.8 Å². The van der Waals surface area contributed by atoms with Crippen molar-refractivity contribution in [2.75, 3.05) is 0 Å². The molecule has 0 aromatic rings. The summed E-state index contributed by atoms with van der Waals surface area (Å²) in [4.78, 5) is 60.6. The SMILES string of the molecule is CCC(C)C(NC(=O)C(CCC(N)=O)NC(=O)C(NC(=O)C(N)CC(C)C)C(C)O)C(=O)O. The zero-order chi connectivity index (χ0) is 25.9. The third-order valence-electron chi connectivity index (χ3n) is 5.21. The van der Waals surface area contributed by atoms with Crippen LogP contribution in [-0.2, 0) is 24.0 Å². The molecule has 9 N–H and O–H groups in total. The van der Waals surface area contributed by atoms with Gasteiger partial charge in [-0.3, -0.25) is 19.2 Å². The Morgan fingerprint density at radius 3 is 1.85 bits per heavy atom. The highest BCUT2D eigenvalue weighted by Crippen LogP contribution is 2.10. The molecule has 6 atom stereocenters. The summed E-state index contributed by atoms with van der Waals surface area (Å²) < 4.78 is 0. The van der Waals surface area contributed by atoms with Gasteiger partial charge in [0.2, 0.25) is 23.6 Å². The highest BCUT2D eigenvalue weighted by atomic mass is 16.4. The molecule has 0 aromatic carbocycles. The molecular weight excluding hydrogens is 434 g/mol. The zero-order valence-corrected chi connectivity index (χ0v) is 20.0. The lowest BCUT2D eigenvalue weighted by atomic mass is 9.98. The number of carbonyl (C=O) groups is 5. The lowest BCUT2D eigenvalue weighted by molar-refractivity contribution is -0.144. The van der Waals surface area contributed by atoms with Crippen LogP contribution in [0.3, 0.4) is 0 Å². The summed E-state index contributed by atoms with van der Waals surface area (Å²) in [5.74, 6) is -4.61. The molecule has 190 valence electrons. The van der Waals surface area contributed by atoms with Gasteiger partial charge in [-0.1, -0.05) is 34.1 Å². The highest BCUT2D eigenvalue weighted by Gasteiger charge is 2.33. The Bertz CT molecular complexity index is 698. The predicted octanol–water partition coefficient (Wildman–Crippen LogP) is -1.41. The fraction of sp³-hybridized carbons (Fsp3) is 0.762. The summed E-state index contributed by atoms with van der Waals surface area (Å²) in [5.41, 5.74) is 11.0. The molecule has 33 heavy (non-hydrogen) atoms. The van der Waals surface area contributed by atoms with Crippen molar-refractivity contribution in [2.45, 2.75) is 90.6 Å². The molecule has 0 aromatic heterocycles. The van der Waals surface area contributed by atoms with Crippen LogP contribution in [0.2, 0.25) is 0 Å². The van der Waals surface area contributed by atoms with Gasteiger partial charge in [0.15, 0.2) is 0 Å². The molecule has 0 aliphatic heterocycles. The minimum Gasteiger partial charge on any atom is -0.480 e. The fourth-order valence-corrected chi connectivity index (χ4v) is 3.03. The van der Waals surface area contributed by atoms with Gasteiger partial charge in [0.05, 0.1) is 12.1 Å². The van der Waals surface area contributed by atoms with E-state index in [9.17, 15) is 34.2 Å². The molecule has 0 bridgehead atoms. The normalized spacial score (nSPS) is 16.6. The van der Waals surface area contributed by atoms with E-state index < -0.39 is 65.8 Å². The van der Waals surface area contributed by atoms with Gasteiger partial charge in [0, 0.05) is 6.42 Å². The van der Waals surface area contributed by atoms with E-state index in [1.54, 1.807) is 13.8 Å². The zero-order valence-electron chi connectivity index (χ0n) is 20.0. The molecule has 12 nitrogen and oxygen atoms in total. The first-order valence-corrected chi connectivity index (χ1v) is 11.1. The van der Waals surface area contributed by atoms with Crippen molar-refractivity contribution in [1.82, 2.24) is 16.0 Å². The third kappa shape index (κ3) is 11.1. The number of carboxylic acids is 1. The van der Waals surface area contributed by atoms with Gasteiger partial charge < -0.3 is 37.6 Å². The monoisotopic (exact) mass is 473 g/mol. The van der Waals surface area contributed by atoms with E-state index in [4.69, 9.17) is 11.5 Å². The van der Waals surface area contributed by atoms with Gasteiger partial charge in [-0.25, -0.2) is 4.79 Å². The molecule has 0 saturated carbocycles. The van der Waals surface area contributed by atoms with Gasteiger partial charge in [-0.2, -0.15) is 0 Å². The smallest absolute Gasteiger partial charge is 0.326 e. The van der Waals surface area contributed by atoms with E-state index >= 15 is 0 Å². The van der Waals surface area contributed by atoms with Crippen LogP contribution >= 0.6 is 0 Å². The van der Waals surface area contributed by atoms with Crippen LogP contribution in [-0.4, -0.2) is 70.1 Å². The topological polar surface area (TPSA) is 214 Å². The van der Waals surface area contributed by atoms with E-state index in [2.05, 4.69) is 16.0 Å². The van der Waals surface area contributed by atoms with Crippen molar-refractivity contribution < 1.29 is 34.2 Å². The number of primary amides is 1. The number of rotatable bonds is 15. The summed E-state index contributed by atoms with van der Waals surface area (Å²) >= 11 is 0. The van der Waals surface area contributed by atoms with Crippen molar-refractivity contribution >= 4 is 29.6 Å². The first-order valence-electron chi connectivity index (χ1n) is 11.1. The molecule has 0 saturated heterocycles. The Hall–Kier alpha value is -2.73. The summed E-state index contributed by atoms with van der Waals surface area (Å²) in [6.45, 7) is 8.43. The van der Waals surface area contributed by atoms with Gasteiger partial charge >= 0.3 is 5.97 Å². The molecule has 0 aliphatic carbocycles.